The summed E-state index contributed by atoms with van der Waals surface area (Å²) in [5, 5.41) is 0. The smallest absolute Gasteiger partial charge is 0.236 e. The zero-order valence-corrected chi connectivity index (χ0v) is 12.8. The van der Waals surface area contributed by atoms with Gasteiger partial charge in [0.1, 0.15) is 0 Å². The predicted octanol–water partition coefficient (Wildman–Crippen LogP) is 1.81. The second kappa shape index (κ2) is 7.31. The van der Waals surface area contributed by atoms with Crippen LogP contribution in [0.1, 0.15) is 40.0 Å². The van der Waals surface area contributed by atoms with Crippen LogP contribution in [-0.4, -0.2) is 43.2 Å². The third-order valence-corrected chi connectivity index (χ3v) is 4.46. The van der Waals surface area contributed by atoms with E-state index < -0.39 is 0 Å². The molecule has 0 aromatic carbocycles. The van der Waals surface area contributed by atoms with Gasteiger partial charge in [-0.05, 0) is 26.2 Å². The van der Waals surface area contributed by atoms with Gasteiger partial charge < -0.3 is 15.4 Å². The first-order valence-electron chi connectivity index (χ1n) is 6.64. The molecule has 1 rings (SSSR count). The molecular weight excluding hydrogens is 252 g/mol. The third kappa shape index (κ3) is 2.81. The zero-order chi connectivity index (χ0) is 13.1. The first kappa shape index (κ1) is 17.7. The first-order valence-corrected chi connectivity index (χ1v) is 6.64. The summed E-state index contributed by atoms with van der Waals surface area (Å²) in [5.41, 5.74) is 5.55. The van der Waals surface area contributed by atoms with E-state index in [1.807, 2.05) is 18.9 Å². The Kier molecular flexibility index (Phi) is 7.18. The Bertz CT molecular complexity index is 270. The van der Waals surface area contributed by atoms with E-state index >= 15 is 0 Å². The number of nitrogens with zero attached hydrogens (tertiary/aromatic N) is 1. The molecule has 108 valence electrons. The number of hydrogen-bond donors (Lipinski definition) is 1. The molecule has 1 amide bonds. The molecule has 0 spiro atoms. The van der Waals surface area contributed by atoms with Gasteiger partial charge in [0.2, 0.25) is 5.91 Å². The van der Waals surface area contributed by atoms with Gasteiger partial charge in [-0.2, -0.15) is 0 Å². The van der Waals surface area contributed by atoms with Crippen LogP contribution >= 0.6 is 12.4 Å². The highest BCUT2D eigenvalue weighted by Gasteiger charge is 2.55. The molecule has 2 atom stereocenters. The van der Waals surface area contributed by atoms with Crippen LogP contribution < -0.4 is 5.73 Å². The molecule has 1 saturated carbocycles. The summed E-state index contributed by atoms with van der Waals surface area (Å²) in [6.45, 7) is 7.23. The van der Waals surface area contributed by atoms with Crippen LogP contribution in [0.15, 0.2) is 0 Å². The fraction of sp³-hybridized carbons (Fsp3) is 0.923. The van der Waals surface area contributed by atoms with E-state index in [9.17, 15) is 4.79 Å². The van der Waals surface area contributed by atoms with Crippen molar-refractivity contribution >= 4 is 18.3 Å². The highest BCUT2D eigenvalue weighted by molar-refractivity contribution is 5.85. The fourth-order valence-corrected chi connectivity index (χ4v) is 3.20. The molecule has 2 N–H and O–H groups in total. The molecule has 4 nitrogen and oxygen atoms in total. The molecule has 0 aromatic heterocycles. The quantitative estimate of drug-likeness (QED) is 0.806. The van der Waals surface area contributed by atoms with Crippen LogP contribution in [0, 0.1) is 5.41 Å². The monoisotopic (exact) mass is 278 g/mol. The van der Waals surface area contributed by atoms with Crippen molar-refractivity contribution in [3.8, 4) is 0 Å². The van der Waals surface area contributed by atoms with Crippen molar-refractivity contribution in [1.29, 1.82) is 0 Å². The van der Waals surface area contributed by atoms with Crippen molar-refractivity contribution in [3.63, 3.8) is 0 Å². The van der Waals surface area contributed by atoms with Crippen LogP contribution in [0.3, 0.4) is 0 Å². The maximum Gasteiger partial charge on any atom is 0.236 e. The summed E-state index contributed by atoms with van der Waals surface area (Å²) in [6.07, 6.45) is 3.32. The molecule has 0 bridgehead atoms. The third-order valence-electron chi connectivity index (χ3n) is 4.46. The normalized spacial score (nSPS) is 24.9. The average molecular weight is 279 g/mol. The summed E-state index contributed by atoms with van der Waals surface area (Å²) in [5.74, 6) is 0.0243. The molecule has 0 aromatic rings. The molecule has 18 heavy (non-hydrogen) atoms. The number of likely N-dealkylation sites (N-methyl/N-ethyl adjacent to an activating group) is 1. The molecule has 0 heterocycles. The summed E-state index contributed by atoms with van der Waals surface area (Å²) in [7, 11) is 1.86. The molecule has 2 unspecified atom stereocenters. The van der Waals surface area contributed by atoms with Gasteiger partial charge in [0.05, 0.1) is 12.6 Å². The number of amides is 1. The lowest BCUT2D eigenvalue weighted by molar-refractivity contribution is -0.176. The van der Waals surface area contributed by atoms with Gasteiger partial charge in [-0.15, -0.1) is 12.4 Å². The van der Waals surface area contributed by atoms with Crippen molar-refractivity contribution in [2.24, 2.45) is 11.1 Å². The minimum absolute atomic E-state index is 0. The van der Waals surface area contributed by atoms with Crippen LogP contribution in [0.5, 0.6) is 0 Å². The molecule has 0 saturated heterocycles. The number of carbonyl (C=O) groups excluding carboxylic acids is 1. The zero-order valence-electron chi connectivity index (χ0n) is 11.9. The summed E-state index contributed by atoms with van der Waals surface area (Å²) < 4.78 is 5.80. The Labute approximate surface area is 117 Å². The number of nitrogens with two attached hydrogens (primary N) is 1. The van der Waals surface area contributed by atoms with E-state index in [1.54, 1.807) is 0 Å². The molecule has 1 aliphatic carbocycles. The number of halogens is 1. The number of hydrogen-bond acceptors (Lipinski definition) is 3. The van der Waals surface area contributed by atoms with Crippen molar-refractivity contribution < 1.29 is 9.53 Å². The Balaban J connectivity index is 0.00000289. The Morgan fingerprint density at radius 2 is 1.94 bits per heavy atom. The highest BCUT2D eigenvalue weighted by Crippen LogP contribution is 2.51. The molecule has 1 aliphatic rings. The summed E-state index contributed by atoms with van der Waals surface area (Å²) in [6, 6.07) is 0.282. The van der Waals surface area contributed by atoms with E-state index in [2.05, 4.69) is 13.8 Å². The summed E-state index contributed by atoms with van der Waals surface area (Å²) in [4.78, 5) is 13.5. The number of ether oxygens (including phenoxy) is 1. The lowest BCUT2D eigenvalue weighted by atomic mass is 9.58. The Hall–Kier alpha value is -0.320. The molecule has 0 radical (unpaired) electrons. The van der Waals surface area contributed by atoms with Crippen molar-refractivity contribution in [1.82, 2.24) is 4.90 Å². The largest absolute Gasteiger partial charge is 0.378 e. The van der Waals surface area contributed by atoms with E-state index in [0.29, 0.717) is 6.10 Å². The number of carbonyl (C=O) groups is 1. The lowest BCUT2D eigenvalue weighted by Gasteiger charge is -2.58. The van der Waals surface area contributed by atoms with Crippen molar-refractivity contribution in [2.75, 3.05) is 20.2 Å². The standard InChI is InChI=1S/C13H26N2O2.ClH/c1-5-13(6-2)10(8-11(13)17-7-3)15(4)12(16)9-14;/h10-11H,5-9,14H2,1-4H3;1H. The van der Waals surface area contributed by atoms with Gasteiger partial charge >= 0.3 is 0 Å². The molecule has 0 aliphatic heterocycles. The number of rotatable bonds is 6. The minimum Gasteiger partial charge on any atom is -0.378 e. The van der Waals surface area contributed by atoms with Gasteiger partial charge in [-0.1, -0.05) is 13.8 Å². The molecular formula is C13H27ClN2O2. The topological polar surface area (TPSA) is 55.6 Å². The highest BCUT2D eigenvalue weighted by atomic mass is 35.5. The first-order chi connectivity index (χ1) is 8.07. The van der Waals surface area contributed by atoms with E-state index in [4.69, 9.17) is 10.5 Å². The Morgan fingerprint density at radius 3 is 2.33 bits per heavy atom. The van der Waals surface area contributed by atoms with Crippen molar-refractivity contribution in [2.45, 2.75) is 52.2 Å². The van der Waals surface area contributed by atoms with Crippen LogP contribution in [0.4, 0.5) is 0 Å². The van der Waals surface area contributed by atoms with Gasteiger partial charge in [-0.25, -0.2) is 0 Å². The van der Waals surface area contributed by atoms with Gasteiger partial charge in [0, 0.05) is 25.1 Å². The molecule has 5 heteroatoms. The van der Waals surface area contributed by atoms with Gasteiger partial charge in [0.25, 0.3) is 0 Å². The van der Waals surface area contributed by atoms with E-state index in [-0.39, 0.29) is 36.3 Å². The van der Waals surface area contributed by atoms with E-state index in [0.717, 1.165) is 25.9 Å². The van der Waals surface area contributed by atoms with Crippen LogP contribution in [-0.2, 0) is 9.53 Å². The second-order valence-corrected chi connectivity index (χ2v) is 4.84. The predicted molar refractivity (Wildman–Crippen MR) is 75.9 cm³/mol. The van der Waals surface area contributed by atoms with Crippen LogP contribution in [0.2, 0.25) is 0 Å². The lowest BCUT2D eigenvalue weighted by Crippen LogP contribution is -2.65. The fourth-order valence-electron chi connectivity index (χ4n) is 3.20. The summed E-state index contributed by atoms with van der Waals surface area (Å²) >= 11 is 0. The maximum atomic E-state index is 11.7. The SMILES string of the molecule is CCOC1CC(N(C)C(=O)CN)C1(CC)CC.Cl. The Morgan fingerprint density at radius 1 is 1.39 bits per heavy atom. The van der Waals surface area contributed by atoms with Crippen LogP contribution in [0.25, 0.3) is 0 Å². The van der Waals surface area contributed by atoms with Gasteiger partial charge in [0.15, 0.2) is 0 Å². The van der Waals surface area contributed by atoms with Crippen molar-refractivity contribution in [3.05, 3.63) is 0 Å². The average Bonchev–Trinajstić information content (AvgIpc) is 2.34. The second-order valence-electron chi connectivity index (χ2n) is 4.84. The minimum atomic E-state index is 0. The van der Waals surface area contributed by atoms with E-state index in [1.165, 1.54) is 0 Å². The molecule has 1 fully saturated rings. The van der Waals surface area contributed by atoms with Gasteiger partial charge in [-0.3, -0.25) is 4.79 Å². The maximum absolute atomic E-state index is 11.7.